The maximum Gasteiger partial charge on any atom is 0.194 e. The maximum absolute atomic E-state index is 11.2. The predicted octanol–water partition coefficient (Wildman–Crippen LogP) is 3.20. The van der Waals surface area contributed by atoms with E-state index in [1.807, 2.05) is 12.1 Å². The van der Waals surface area contributed by atoms with Gasteiger partial charge in [0.15, 0.2) is 11.5 Å². The number of carbonyl (C=O) groups is 1. The lowest BCUT2D eigenvalue weighted by Crippen LogP contribution is -2.44. The van der Waals surface area contributed by atoms with Crippen LogP contribution in [0.5, 0.6) is 0 Å². The van der Waals surface area contributed by atoms with Gasteiger partial charge < -0.3 is 4.42 Å². The molecule has 0 unspecified atom stereocenters. The third-order valence-electron chi connectivity index (χ3n) is 3.51. The minimum Gasteiger partial charge on any atom is -0.463 e. The van der Waals surface area contributed by atoms with E-state index < -0.39 is 8.07 Å². The highest BCUT2D eigenvalue weighted by atomic mass is 28.3. The zero-order valence-corrected chi connectivity index (χ0v) is 11.1. The Hall–Kier alpha value is -0.833. The lowest BCUT2D eigenvalue weighted by Gasteiger charge is -2.24. The smallest absolute Gasteiger partial charge is 0.194 e. The first-order valence-electron chi connectivity index (χ1n) is 5.71. The second-order valence-electron chi connectivity index (χ2n) is 4.06. The van der Waals surface area contributed by atoms with E-state index in [4.69, 9.17) is 4.42 Å². The van der Waals surface area contributed by atoms with Crippen molar-refractivity contribution in [3.63, 3.8) is 0 Å². The molecule has 0 aromatic carbocycles. The largest absolute Gasteiger partial charge is 0.463 e. The van der Waals surface area contributed by atoms with Crippen molar-refractivity contribution in [2.45, 2.75) is 45.8 Å². The standard InChI is InChI=1S/C12H20O2Si/c1-5-15(6-2,7-3)12-9-8-11(14-12)10(4)13/h8-9H,5-7H2,1-4H3. The molecule has 0 saturated carbocycles. The van der Waals surface area contributed by atoms with Crippen LogP contribution >= 0.6 is 0 Å². The quantitative estimate of drug-likeness (QED) is 0.568. The molecular weight excluding hydrogens is 204 g/mol. The molecule has 0 bridgehead atoms. The fourth-order valence-electron chi connectivity index (χ4n) is 2.08. The molecular formula is C12H20O2Si. The Morgan fingerprint density at radius 1 is 1.20 bits per heavy atom. The Kier molecular flexibility index (Phi) is 3.91. The van der Waals surface area contributed by atoms with Crippen molar-refractivity contribution in [3.8, 4) is 0 Å². The molecule has 0 radical (unpaired) electrons. The van der Waals surface area contributed by atoms with E-state index in [2.05, 4.69) is 20.8 Å². The fraction of sp³-hybridized carbons (Fsp3) is 0.583. The molecule has 1 heterocycles. The summed E-state index contributed by atoms with van der Waals surface area (Å²) in [6.45, 7) is 8.25. The molecule has 0 aliphatic rings. The lowest BCUT2D eigenvalue weighted by atomic mass is 10.3. The Morgan fingerprint density at radius 2 is 1.73 bits per heavy atom. The number of Topliss-reactive ketones (excluding diaryl/α,β-unsaturated/α-hetero) is 1. The van der Waals surface area contributed by atoms with Crippen LogP contribution in [0.2, 0.25) is 18.1 Å². The van der Waals surface area contributed by atoms with Crippen LogP contribution in [0, 0.1) is 0 Å². The zero-order valence-electron chi connectivity index (χ0n) is 10.1. The first-order valence-corrected chi connectivity index (χ1v) is 8.33. The molecule has 15 heavy (non-hydrogen) atoms. The summed E-state index contributed by atoms with van der Waals surface area (Å²) in [7, 11) is -1.44. The van der Waals surface area contributed by atoms with Gasteiger partial charge in [0.1, 0.15) is 8.07 Å². The van der Waals surface area contributed by atoms with Crippen molar-refractivity contribution in [3.05, 3.63) is 17.9 Å². The fourth-order valence-corrected chi connectivity index (χ4v) is 5.39. The van der Waals surface area contributed by atoms with Gasteiger partial charge in [-0.25, -0.2) is 0 Å². The van der Waals surface area contributed by atoms with Crippen LogP contribution in [-0.4, -0.2) is 13.9 Å². The van der Waals surface area contributed by atoms with E-state index in [1.165, 1.54) is 18.1 Å². The van der Waals surface area contributed by atoms with Crippen LogP contribution in [0.15, 0.2) is 16.5 Å². The average molecular weight is 224 g/mol. The van der Waals surface area contributed by atoms with Gasteiger partial charge in [0, 0.05) is 6.92 Å². The van der Waals surface area contributed by atoms with Crippen molar-refractivity contribution in [1.82, 2.24) is 0 Å². The minimum absolute atomic E-state index is 0.0208. The highest BCUT2D eigenvalue weighted by molar-refractivity contribution is 6.90. The van der Waals surface area contributed by atoms with E-state index in [9.17, 15) is 4.79 Å². The molecule has 1 aromatic rings. The summed E-state index contributed by atoms with van der Waals surface area (Å²) >= 11 is 0. The van der Waals surface area contributed by atoms with E-state index in [1.54, 1.807) is 6.92 Å². The normalized spacial score (nSPS) is 11.7. The SMILES string of the molecule is CC[Si](CC)(CC)c1ccc(C(C)=O)o1. The second kappa shape index (κ2) is 4.79. The van der Waals surface area contributed by atoms with Gasteiger partial charge in [-0.3, -0.25) is 4.79 Å². The van der Waals surface area contributed by atoms with Gasteiger partial charge in [0.2, 0.25) is 0 Å². The van der Waals surface area contributed by atoms with Crippen molar-refractivity contribution in [2.75, 3.05) is 0 Å². The molecule has 1 rings (SSSR count). The number of rotatable bonds is 5. The number of hydrogen-bond acceptors (Lipinski definition) is 2. The summed E-state index contributed by atoms with van der Waals surface area (Å²) in [5.41, 5.74) is 0. The number of furan rings is 1. The van der Waals surface area contributed by atoms with Crippen LogP contribution in [0.1, 0.15) is 38.2 Å². The third-order valence-corrected chi connectivity index (χ3v) is 8.88. The van der Waals surface area contributed by atoms with Gasteiger partial charge in [-0.05, 0) is 12.1 Å². The van der Waals surface area contributed by atoms with Gasteiger partial charge in [-0.1, -0.05) is 38.9 Å². The molecule has 1 aromatic heterocycles. The van der Waals surface area contributed by atoms with Gasteiger partial charge in [-0.15, -0.1) is 0 Å². The lowest BCUT2D eigenvalue weighted by molar-refractivity contribution is 0.0988. The summed E-state index contributed by atoms with van der Waals surface area (Å²) in [5.74, 6) is 0.532. The topological polar surface area (TPSA) is 30.2 Å². The molecule has 0 N–H and O–H groups in total. The van der Waals surface area contributed by atoms with Gasteiger partial charge in [0.05, 0.1) is 5.38 Å². The molecule has 0 saturated heterocycles. The van der Waals surface area contributed by atoms with Gasteiger partial charge in [-0.2, -0.15) is 0 Å². The van der Waals surface area contributed by atoms with E-state index in [-0.39, 0.29) is 5.78 Å². The Balaban J connectivity index is 3.07. The van der Waals surface area contributed by atoms with Crippen molar-refractivity contribution >= 4 is 19.2 Å². The molecule has 0 atom stereocenters. The first kappa shape index (κ1) is 12.2. The van der Waals surface area contributed by atoms with E-state index >= 15 is 0 Å². The summed E-state index contributed by atoms with van der Waals surface area (Å²) in [6, 6.07) is 7.39. The van der Waals surface area contributed by atoms with Crippen molar-refractivity contribution < 1.29 is 9.21 Å². The summed E-state index contributed by atoms with van der Waals surface area (Å²) in [4.78, 5) is 11.2. The molecule has 0 spiro atoms. The second-order valence-corrected chi connectivity index (χ2v) is 9.24. The van der Waals surface area contributed by atoms with Gasteiger partial charge in [0.25, 0.3) is 0 Å². The average Bonchev–Trinajstić information content (AvgIpc) is 2.71. The van der Waals surface area contributed by atoms with Crippen molar-refractivity contribution in [1.29, 1.82) is 0 Å². The molecule has 84 valence electrons. The first-order chi connectivity index (χ1) is 7.09. The highest BCUT2D eigenvalue weighted by Crippen LogP contribution is 2.21. The number of carbonyl (C=O) groups excluding carboxylic acids is 1. The molecule has 0 aliphatic carbocycles. The molecule has 0 amide bonds. The van der Waals surface area contributed by atoms with E-state index in [0.717, 1.165) is 5.38 Å². The predicted molar refractivity (Wildman–Crippen MR) is 65.5 cm³/mol. The van der Waals surface area contributed by atoms with Gasteiger partial charge >= 0.3 is 0 Å². The number of hydrogen-bond donors (Lipinski definition) is 0. The van der Waals surface area contributed by atoms with E-state index in [0.29, 0.717) is 5.76 Å². The van der Waals surface area contributed by atoms with Crippen molar-refractivity contribution in [2.24, 2.45) is 0 Å². The van der Waals surface area contributed by atoms with Crippen LogP contribution in [0.3, 0.4) is 0 Å². The summed E-state index contributed by atoms with van der Waals surface area (Å²) in [5, 5.41) is 1.10. The Morgan fingerprint density at radius 3 is 2.07 bits per heavy atom. The van der Waals surface area contributed by atoms with Crippen LogP contribution in [0.4, 0.5) is 0 Å². The van der Waals surface area contributed by atoms with Crippen LogP contribution in [-0.2, 0) is 0 Å². The molecule has 3 heteroatoms. The third kappa shape index (κ3) is 2.22. The maximum atomic E-state index is 11.2. The Bertz CT molecular complexity index is 329. The minimum atomic E-state index is -1.44. The Labute approximate surface area is 92.7 Å². The molecule has 0 fully saturated rings. The zero-order chi connectivity index (χ0) is 11.5. The van der Waals surface area contributed by atoms with Crippen LogP contribution in [0.25, 0.3) is 0 Å². The monoisotopic (exact) mass is 224 g/mol. The summed E-state index contributed by atoms with van der Waals surface area (Å²) < 4.78 is 5.70. The molecule has 0 aliphatic heterocycles. The molecule has 2 nitrogen and oxygen atoms in total. The highest BCUT2D eigenvalue weighted by Gasteiger charge is 2.33. The summed E-state index contributed by atoms with van der Waals surface area (Å²) in [6.07, 6.45) is 0. The number of ketones is 1. The van der Waals surface area contributed by atoms with Crippen LogP contribution < -0.4 is 5.38 Å².